The Bertz CT molecular complexity index is 2120. The second-order valence-corrected chi connectivity index (χ2v) is 16.8. The lowest BCUT2D eigenvalue weighted by Gasteiger charge is -2.25. The SMILES string of the molecule is CCCCCCCOc1ccc(-c2cnc(-c3ccc(C[C@H](NC(=O)c4ccc(C(C)(C)C)s4)C(=O)NC(C(=O)O)C(O)c4ccc(Cl)c(Cl)c4)cc3)nc2)cc1. The molecule has 2 heterocycles. The molecule has 10 nitrogen and oxygen atoms in total. The number of unbranched alkanes of at least 4 members (excludes halogenated alkanes) is 4. The summed E-state index contributed by atoms with van der Waals surface area (Å²) in [5, 5.41) is 26.6. The number of halogens is 2. The molecular formula is C44H48Cl2N4O6S. The number of carboxylic acid groups (broad SMARTS) is 1. The van der Waals surface area contributed by atoms with Crippen LogP contribution in [0.5, 0.6) is 5.75 Å². The zero-order valence-electron chi connectivity index (χ0n) is 32.4. The van der Waals surface area contributed by atoms with Crippen molar-refractivity contribution in [1.82, 2.24) is 20.6 Å². The van der Waals surface area contributed by atoms with Gasteiger partial charge >= 0.3 is 5.97 Å². The summed E-state index contributed by atoms with van der Waals surface area (Å²) in [6, 6.07) is 19.9. The van der Waals surface area contributed by atoms with Gasteiger partial charge in [0.05, 0.1) is 21.5 Å². The quantitative estimate of drug-likeness (QED) is 0.0638. The molecule has 13 heteroatoms. The number of benzene rings is 3. The number of nitrogens with zero attached hydrogens (tertiary/aromatic N) is 2. The normalized spacial score (nSPS) is 13.0. The maximum Gasteiger partial charge on any atom is 0.329 e. The summed E-state index contributed by atoms with van der Waals surface area (Å²) in [7, 11) is 0. The Morgan fingerprint density at radius 1 is 0.807 bits per heavy atom. The van der Waals surface area contributed by atoms with Crippen LogP contribution in [0.4, 0.5) is 0 Å². The first-order valence-corrected chi connectivity index (χ1v) is 20.5. The summed E-state index contributed by atoms with van der Waals surface area (Å²) in [5.74, 6) is -1.44. The van der Waals surface area contributed by atoms with Gasteiger partial charge in [-0.05, 0) is 64.9 Å². The number of hydrogen-bond acceptors (Lipinski definition) is 8. The molecule has 300 valence electrons. The van der Waals surface area contributed by atoms with Gasteiger partial charge in [0.2, 0.25) is 5.91 Å². The van der Waals surface area contributed by atoms with Gasteiger partial charge in [-0.2, -0.15) is 0 Å². The van der Waals surface area contributed by atoms with Crippen molar-refractivity contribution in [2.24, 2.45) is 0 Å². The standard InChI is InChI=1S/C44H48Cl2N4O6S/c1-5-6-7-8-9-22-56-32-17-14-28(15-18-32)31-25-47-40(48-26-31)29-12-10-27(11-13-29)23-35(49-42(53)36-20-21-37(57-36)44(2,3)4)41(52)50-38(43(54)55)39(51)30-16-19-33(45)34(46)24-30/h10-21,24-26,35,38-39,51H,5-9,22-23H2,1-4H3,(H,49,53)(H,50,52)(H,54,55)/t35-,38?,39?/m0/s1. The van der Waals surface area contributed by atoms with Crippen LogP contribution in [0.15, 0.2) is 91.3 Å². The zero-order valence-corrected chi connectivity index (χ0v) is 34.8. The van der Waals surface area contributed by atoms with E-state index in [-0.39, 0.29) is 27.4 Å². The van der Waals surface area contributed by atoms with Gasteiger partial charge in [0.1, 0.15) is 17.9 Å². The maximum absolute atomic E-state index is 13.8. The first kappa shape index (κ1) is 43.3. The Morgan fingerprint density at radius 3 is 2.09 bits per heavy atom. The molecule has 0 radical (unpaired) electrons. The third-order valence-corrected chi connectivity index (χ3v) is 11.6. The van der Waals surface area contributed by atoms with E-state index in [1.807, 2.05) is 63.2 Å². The number of aliphatic carboxylic acids is 1. The van der Waals surface area contributed by atoms with E-state index in [0.29, 0.717) is 22.9 Å². The van der Waals surface area contributed by atoms with E-state index in [9.17, 15) is 24.6 Å². The fraction of sp³-hybridized carbons (Fsp3) is 0.341. The molecule has 2 aromatic heterocycles. The van der Waals surface area contributed by atoms with Crippen molar-refractivity contribution in [1.29, 1.82) is 0 Å². The van der Waals surface area contributed by atoms with Crippen molar-refractivity contribution < 1.29 is 29.3 Å². The van der Waals surface area contributed by atoms with Gasteiger partial charge in [-0.15, -0.1) is 11.3 Å². The highest BCUT2D eigenvalue weighted by Crippen LogP contribution is 2.30. The molecular weight excluding hydrogens is 783 g/mol. The summed E-state index contributed by atoms with van der Waals surface area (Å²) in [4.78, 5) is 50.2. The van der Waals surface area contributed by atoms with Gasteiger partial charge in [-0.1, -0.05) is 119 Å². The minimum absolute atomic E-state index is 0.0168. The van der Waals surface area contributed by atoms with Crippen molar-refractivity contribution >= 4 is 52.3 Å². The first-order chi connectivity index (χ1) is 27.2. The van der Waals surface area contributed by atoms with E-state index in [4.69, 9.17) is 27.9 Å². The van der Waals surface area contributed by atoms with Crippen molar-refractivity contribution in [3.8, 4) is 28.3 Å². The Labute approximate surface area is 347 Å². The van der Waals surface area contributed by atoms with E-state index in [1.54, 1.807) is 30.6 Å². The average molecular weight is 832 g/mol. The number of carboxylic acids is 1. The smallest absolute Gasteiger partial charge is 0.329 e. The Morgan fingerprint density at radius 2 is 1.47 bits per heavy atom. The number of amides is 2. The van der Waals surface area contributed by atoms with Crippen LogP contribution < -0.4 is 15.4 Å². The highest BCUT2D eigenvalue weighted by molar-refractivity contribution is 7.14. The largest absolute Gasteiger partial charge is 0.494 e. The minimum Gasteiger partial charge on any atom is -0.494 e. The van der Waals surface area contributed by atoms with Gasteiger partial charge in [0, 0.05) is 34.8 Å². The number of carbonyl (C=O) groups excluding carboxylic acids is 2. The number of aliphatic hydroxyl groups excluding tert-OH is 1. The molecule has 0 aliphatic heterocycles. The second-order valence-electron chi connectivity index (χ2n) is 14.9. The van der Waals surface area contributed by atoms with Crippen molar-refractivity contribution in [2.75, 3.05) is 6.61 Å². The van der Waals surface area contributed by atoms with E-state index < -0.39 is 36.0 Å². The lowest BCUT2D eigenvalue weighted by molar-refractivity contribution is -0.145. The highest BCUT2D eigenvalue weighted by atomic mass is 35.5. The topological polar surface area (TPSA) is 151 Å². The molecule has 0 spiro atoms. The lowest BCUT2D eigenvalue weighted by Crippen LogP contribution is -2.54. The number of carbonyl (C=O) groups is 3. The van der Waals surface area contributed by atoms with Crippen LogP contribution in [0.25, 0.3) is 22.5 Å². The molecule has 2 amide bonds. The van der Waals surface area contributed by atoms with Gasteiger partial charge in [-0.3, -0.25) is 9.59 Å². The summed E-state index contributed by atoms with van der Waals surface area (Å²) in [6.07, 6.45) is 7.80. The van der Waals surface area contributed by atoms with E-state index in [1.165, 1.54) is 55.2 Å². The summed E-state index contributed by atoms with van der Waals surface area (Å²) in [6.45, 7) is 9.02. The maximum atomic E-state index is 13.8. The summed E-state index contributed by atoms with van der Waals surface area (Å²) < 4.78 is 5.90. The molecule has 5 aromatic rings. The molecule has 3 aromatic carbocycles. The van der Waals surface area contributed by atoms with E-state index in [2.05, 4.69) is 27.5 Å². The van der Waals surface area contributed by atoms with Crippen LogP contribution in [0.2, 0.25) is 10.0 Å². The van der Waals surface area contributed by atoms with Gasteiger partial charge in [0.15, 0.2) is 11.9 Å². The molecule has 0 aliphatic rings. The number of ether oxygens (including phenoxy) is 1. The van der Waals surface area contributed by atoms with Gasteiger partial charge in [-0.25, -0.2) is 14.8 Å². The predicted molar refractivity (Wildman–Crippen MR) is 226 cm³/mol. The molecule has 3 atom stereocenters. The molecule has 5 rings (SSSR count). The molecule has 0 saturated carbocycles. The number of hydrogen-bond donors (Lipinski definition) is 4. The molecule has 4 N–H and O–H groups in total. The van der Waals surface area contributed by atoms with Gasteiger partial charge < -0.3 is 25.6 Å². The van der Waals surface area contributed by atoms with Crippen LogP contribution in [0.1, 0.15) is 91.6 Å². The first-order valence-electron chi connectivity index (χ1n) is 19.0. The summed E-state index contributed by atoms with van der Waals surface area (Å²) in [5.41, 5.74) is 3.19. The second kappa shape index (κ2) is 20.1. The third kappa shape index (κ3) is 12.1. The Balaban J connectivity index is 1.29. The Kier molecular flexibility index (Phi) is 15.2. The lowest BCUT2D eigenvalue weighted by atomic mass is 9.95. The zero-order chi connectivity index (χ0) is 41.1. The average Bonchev–Trinajstić information content (AvgIpc) is 3.71. The van der Waals surface area contributed by atoms with Crippen LogP contribution >= 0.6 is 34.5 Å². The number of rotatable bonds is 18. The number of thiophene rings is 1. The molecule has 57 heavy (non-hydrogen) atoms. The monoisotopic (exact) mass is 830 g/mol. The van der Waals surface area contributed by atoms with Crippen molar-refractivity contribution in [3.63, 3.8) is 0 Å². The predicted octanol–water partition coefficient (Wildman–Crippen LogP) is 9.47. The van der Waals surface area contributed by atoms with Gasteiger partial charge in [0.25, 0.3) is 5.91 Å². The molecule has 0 bridgehead atoms. The fourth-order valence-corrected chi connectivity index (χ4v) is 7.28. The molecule has 2 unspecified atom stereocenters. The molecule has 0 saturated heterocycles. The molecule has 0 fully saturated rings. The fourth-order valence-electron chi connectivity index (χ4n) is 6.01. The molecule has 0 aliphatic carbocycles. The number of aromatic nitrogens is 2. The number of nitrogens with one attached hydrogen (secondary N) is 2. The Hall–Kier alpha value is -4.81. The van der Waals surface area contributed by atoms with Crippen LogP contribution in [0, 0.1) is 0 Å². The van der Waals surface area contributed by atoms with Crippen molar-refractivity contribution in [3.05, 3.63) is 122 Å². The van der Waals surface area contributed by atoms with E-state index in [0.717, 1.165) is 33.7 Å². The van der Waals surface area contributed by atoms with Crippen LogP contribution in [-0.2, 0) is 21.4 Å². The van der Waals surface area contributed by atoms with Crippen molar-refractivity contribution in [2.45, 2.75) is 89.8 Å². The minimum atomic E-state index is -1.76. The van der Waals surface area contributed by atoms with Crippen LogP contribution in [0.3, 0.4) is 0 Å². The van der Waals surface area contributed by atoms with Crippen LogP contribution in [-0.4, -0.2) is 56.7 Å². The number of aliphatic hydroxyl groups is 1. The third-order valence-electron chi connectivity index (χ3n) is 9.36. The summed E-state index contributed by atoms with van der Waals surface area (Å²) >= 11 is 13.4. The van der Waals surface area contributed by atoms with E-state index >= 15 is 0 Å². The highest BCUT2D eigenvalue weighted by Gasteiger charge is 2.33.